The summed E-state index contributed by atoms with van der Waals surface area (Å²) in [5.74, 6) is -0.948. The van der Waals surface area contributed by atoms with Gasteiger partial charge in [0, 0.05) is 28.4 Å². The summed E-state index contributed by atoms with van der Waals surface area (Å²) in [7, 11) is 0. The number of para-hydroxylation sites is 1. The molecule has 160 valence electrons. The van der Waals surface area contributed by atoms with E-state index >= 15 is 0 Å². The Labute approximate surface area is 184 Å². The Balaban J connectivity index is 1.69. The number of benzene rings is 2. The molecule has 6 nitrogen and oxygen atoms in total. The van der Waals surface area contributed by atoms with Crippen molar-refractivity contribution < 1.29 is 19.1 Å². The maximum Gasteiger partial charge on any atom is 0.300 e. The highest BCUT2D eigenvalue weighted by atomic mass is 16.3. The van der Waals surface area contributed by atoms with E-state index in [1.807, 2.05) is 48.5 Å². The van der Waals surface area contributed by atoms with Gasteiger partial charge in [-0.1, -0.05) is 44.2 Å². The van der Waals surface area contributed by atoms with E-state index in [9.17, 15) is 14.7 Å². The van der Waals surface area contributed by atoms with Crippen LogP contribution in [0.2, 0.25) is 0 Å². The van der Waals surface area contributed by atoms with Crippen molar-refractivity contribution >= 4 is 34.0 Å². The molecule has 32 heavy (non-hydrogen) atoms. The van der Waals surface area contributed by atoms with Gasteiger partial charge in [-0.25, -0.2) is 0 Å². The first-order chi connectivity index (χ1) is 15.5. The van der Waals surface area contributed by atoms with Crippen molar-refractivity contribution in [3.05, 3.63) is 95.6 Å². The molecule has 2 aromatic carbocycles. The number of ketones is 1. The van der Waals surface area contributed by atoms with Gasteiger partial charge in [-0.2, -0.15) is 0 Å². The summed E-state index contributed by atoms with van der Waals surface area (Å²) in [5, 5.41) is 12.0. The Morgan fingerprint density at radius 1 is 1.03 bits per heavy atom. The van der Waals surface area contributed by atoms with E-state index in [-0.39, 0.29) is 11.3 Å². The highest BCUT2D eigenvalue weighted by Crippen LogP contribution is 2.43. The van der Waals surface area contributed by atoms with Crippen LogP contribution in [-0.2, 0) is 9.59 Å². The van der Waals surface area contributed by atoms with Crippen LogP contribution in [0.3, 0.4) is 0 Å². The number of rotatable bonds is 4. The molecule has 6 heteroatoms. The van der Waals surface area contributed by atoms with Crippen LogP contribution < -0.4 is 4.90 Å². The van der Waals surface area contributed by atoms with Crippen LogP contribution in [0.1, 0.15) is 42.7 Å². The van der Waals surface area contributed by atoms with Crippen molar-refractivity contribution in [1.29, 1.82) is 0 Å². The van der Waals surface area contributed by atoms with Gasteiger partial charge in [0.05, 0.1) is 11.8 Å². The van der Waals surface area contributed by atoms with Crippen molar-refractivity contribution in [2.45, 2.75) is 25.8 Å². The minimum absolute atomic E-state index is 0.00244. The second-order valence-corrected chi connectivity index (χ2v) is 8.18. The molecule has 2 aromatic heterocycles. The predicted molar refractivity (Wildman–Crippen MR) is 122 cm³/mol. The van der Waals surface area contributed by atoms with Crippen molar-refractivity contribution in [2.24, 2.45) is 0 Å². The number of furan rings is 1. The maximum absolute atomic E-state index is 13.2. The Hall–Kier alpha value is -4.06. The molecule has 5 rings (SSSR count). The molecule has 1 aliphatic heterocycles. The molecule has 3 heterocycles. The fraction of sp³-hybridized carbons (Fsp3) is 0.154. The zero-order valence-electron chi connectivity index (χ0n) is 17.7. The summed E-state index contributed by atoms with van der Waals surface area (Å²) in [5.41, 5.74) is 2.98. The molecule has 0 aliphatic carbocycles. The molecular formula is C26H22N2O4. The van der Waals surface area contributed by atoms with Crippen LogP contribution in [0, 0.1) is 0 Å². The molecule has 0 bridgehead atoms. The quantitative estimate of drug-likeness (QED) is 0.256. The summed E-state index contributed by atoms with van der Waals surface area (Å²) in [4.78, 5) is 30.8. The molecule has 4 aromatic rings. The summed E-state index contributed by atoms with van der Waals surface area (Å²) >= 11 is 0. The number of Topliss-reactive ketones (excluding diaryl/α,β-unsaturated/α-hetero) is 1. The zero-order chi connectivity index (χ0) is 22.4. The van der Waals surface area contributed by atoms with Gasteiger partial charge in [-0.15, -0.1) is 0 Å². The largest absolute Gasteiger partial charge is 0.507 e. The van der Waals surface area contributed by atoms with E-state index in [1.54, 1.807) is 18.3 Å². The Bertz CT molecular complexity index is 1340. The number of aromatic amines is 1. The average molecular weight is 426 g/mol. The van der Waals surface area contributed by atoms with E-state index < -0.39 is 17.7 Å². The molecule has 1 saturated heterocycles. The maximum atomic E-state index is 13.2. The van der Waals surface area contributed by atoms with Gasteiger partial charge in [0.2, 0.25) is 0 Å². The number of aliphatic hydroxyl groups is 1. The molecule has 2 N–H and O–H groups in total. The number of carbonyl (C=O) groups excluding carboxylic acids is 2. The van der Waals surface area contributed by atoms with E-state index in [1.165, 1.54) is 11.2 Å². The van der Waals surface area contributed by atoms with Crippen LogP contribution in [0.4, 0.5) is 5.69 Å². The number of carbonyl (C=O) groups is 2. The standard InChI is InChI=1S/C26H22N2O4/c1-15(2)16-9-11-17(12-10-16)28-23(21-8-5-13-32-21)22(25(30)26(28)31)24(29)19-14-27-20-7-4-3-6-18(19)20/h3-15,23,27,29H,1-2H3/b24-22-. The van der Waals surface area contributed by atoms with Gasteiger partial charge in [0.25, 0.3) is 11.7 Å². The summed E-state index contributed by atoms with van der Waals surface area (Å²) in [6.45, 7) is 4.18. The smallest absolute Gasteiger partial charge is 0.300 e. The third-order valence-electron chi connectivity index (χ3n) is 5.94. The van der Waals surface area contributed by atoms with E-state index in [4.69, 9.17) is 4.42 Å². The van der Waals surface area contributed by atoms with Gasteiger partial charge in [-0.05, 0) is 41.8 Å². The first kappa shape index (κ1) is 19.9. The fourth-order valence-corrected chi connectivity index (χ4v) is 4.25. The third kappa shape index (κ3) is 3.03. The molecule has 1 unspecified atom stereocenters. The number of aromatic nitrogens is 1. The third-order valence-corrected chi connectivity index (χ3v) is 5.94. The Kier molecular flexibility index (Phi) is 4.70. The normalized spacial score (nSPS) is 18.2. The van der Waals surface area contributed by atoms with Crippen LogP contribution in [0.15, 0.2) is 83.1 Å². The number of aliphatic hydroxyl groups excluding tert-OH is 1. The molecular weight excluding hydrogens is 404 g/mol. The number of H-pyrrole nitrogens is 1. The van der Waals surface area contributed by atoms with Gasteiger partial charge in [0.1, 0.15) is 17.6 Å². The number of hydrogen-bond acceptors (Lipinski definition) is 4. The van der Waals surface area contributed by atoms with Crippen LogP contribution >= 0.6 is 0 Å². The molecule has 1 aliphatic rings. The molecule has 1 amide bonds. The number of hydrogen-bond donors (Lipinski definition) is 2. The predicted octanol–water partition coefficient (Wildman–Crippen LogP) is 5.51. The monoisotopic (exact) mass is 426 g/mol. The van der Waals surface area contributed by atoms with Crippen LogP contribution in [0.5, 0.6) is 0 Å². The zero-order valence-corrected chi connectivity index (χ0v) is 17.7. The van der Waals surface area contributed by atoms with Gasteiger partial charge in [0.15, 0.2) is 0 Å². The van der Waals surface area contributed by atoms with Gasteiger partial charge in [-0.3, -0.25) is 14.5 Å². The number of nitrogens with one attached hydrogen (secondary N) is 1. The summed E-state index contributed by atoms with van der Waals surface area (Å²) < 4.78 is 5.61. The minimum Gasteiger partial charge on any atom is -0.507 e. The lowest BCUT2D eigenvalue weighted by atomic mass is 9.98. The highest BCUT2D eigenvalue weighted by molar-refractivity contribution is 6.51. The second kappa shape index (κ2) is 7.57. The van der Waals surface area contributed by atoms with Crippen molar-refractivity contribution in [1.82, 2.24) is 4.98 Å². The number of nitrogens with zero attached hydrogens (tertiary/aromatic N) is 1. The Morgan fingerprint density at radius 3 is 2.47 bits per heavy atom. The van der Waals surface area contributed by atoms with E-state index in [0.717, 1.165) is 16.5 Å². The first-order valence-corrected chi connectivity index (χ1v) is 10.5. The SMILES string of the molecule is CC(C)c1ccc(N2C(=O)C(=O)/C(=C(\O)c3c[nH]c4ccccc34)C2c2ccco2)cc1. The van der Waals surface area contributed by atoms with Gasteiger partial charge < -0.3 is 14.5 Å². The lowest BCUT2D eigenvalue weighted by Crippen LogP contribution is -2.29. The number of fused-ring (bicyclic) bond motifs is 1. The van der Waals surface area contributed by atoms with Gasteiger partial charge >= 0.3 is 0 Å². The van der Waals surface area contributed by atoms with E-state index in [0.29, 0.717) is 22.9 Å². The van der Waals surface area contributed by atoms with E-state index in [2.05, 4.69) is 18.8 Å². The van der Waals surface area contributed by atoms with Crippen molar-refractivity contribution in [3.63, 3.8) is 0 Å². The topological polar surface area (TPSA) is 86.5 Å². The van der Waals surface area contributed by atoms with Crippen molar-refractivity contribution in [3.8, 4) is 0 Å². The lowest BCUT2D eigenvalue weighted by Gasteiger charge is -2.23. The molecule has 0 radical (unpaired) electrons. The average Bonchev–Trinajstić information content (AvgIpc) is 3.52. The number of amides is 1. The second-order valence-electron chi connectivity index (χ2n) is 8.18. The first-order valence-electron chi connectivity index (χ1n) is 10.5. The fourth-order valence-electron chi connectivity index (χ4n) is 4.25. The van der Waals surface area contributed by atoms with Crippen LogP contribution in [-0.4, -0.2) is 21.8 Å². The minimum atomic E-state index is -0.872. The lowest BCUT2D eigenvalue weighted by molar-refractivity contribution is -0.132. The molecule has 0 spiro atoms. The molecule has 1 fully saturated rings. The molecule has 0 saturated carbocycles. The Morgan fingerprint density at radius 2 is 1.78 bits per heavy atom. The van der Waals surface area contributed by atoms with Crippen molar-refractivity contribution in [2.75, 3.05) is 4.90 Å². The summed E-state index contributed by atoms with van der Waals surface area (Å²) in [6, 6.07) is 17.5. The van der Waals surface area contributed by atoms with Crippen LogP contribution in [0.25, 0.3) is 16.7 Å². The highest BCUT2D eigenvalue weighted by Gasteiger charge is 2.48. The molecule has 1 atom stereocenters. The number of anilines is 1. The summed E-state index contributed by atoms with van der Waals surface area (Å²) in [6.07, 6.45) is 3.13.